The normalized spacial score (nSPS) is 19.1. The summed E-state index contributed by atoms with van der Waals surface area (Å²) >= 11 is 0. The molecule has 1 saturated heterocycles. The molecule has 2 aromatic heterocycles. The van der Waals surface area contributed by atoms with Gasteiger partial charge in [-0.3, -0.25) is 4.90 Å². The summed E-state index contributed by atoms with van der Waals surface area (Å²) in [6.07, 6.45) is 4.32. The van der Waals surface area contributed by atoms with Crippen LogP contribution in [0.3, 0.4) is 0 Å². The van der Waals surface area contributed by atoms with E-state index in [-0.39, 0.29) is 23.1 Å². The smallest absolute Gasteiger partial charge is 0.262 e. The highest BCUT2D eigenvalue weighted by molar-refractivity contribution is 7.89. The molecule has 4 heterocycles. The number of ether oxygens (including phenoxy) is 3. The van der Waals surface area contributed by atoms with Gasteiger partial charge in [0.1, 0.15) is 17.2 Å². The zero-order chi connectivity index (χ0) is 30.5. The largest absolute Gasteiger partial charge is 0.497 e. The van der Waals surface area contributed by atoms with Crippen LogP contribution in [-0.2, 0) is 36.1 Å². The molecule has 0 bridgehead atoms. The minimum absolute atomic E-state index is 0.0638. The second-order valence-corrected chi connectivity index (χ2v) is 13.5. The number of hydrogen-bond acceptors (Lipinski definition) is 8. The number of fused-ring (bicyclic) bond motifs is 4. The van der Waals surface area contributed by atoms with Crippen molar-refractivity contribution in [2.45, 2.75) is 35.9 Å². The molecular weight excluding hydrogens is 570 g/mol. The fourth-order valence-corrected chi connectivity index (χ4v) is 8.45. The van der Waals surface area contributed by atoms with Gasteiger partial charge in [0.25, 0.3) is 10.0 Å². The lowest BCUT2D eigenvalue weighted by atomic mass is 9.68. The van der Waals surface area contributed by atoms with E-state index in [1.807, 2.05) is 37.4 Å². The molecular formula is C31H39N5O6S. The number of aromatic nitrogens is 3. The van der Waals surface area contributed by atoms with E-state index in [0.29, 0.717) is 50.5 Å². The first-order chi connectivity index (χ1) is 20.6. The van der Waals surface area contributed by atoms with Crippen molar-refractivity contribution in [2.75, 3.05) is 47.6 Å². The van der Waals surface area contributed by atoms with Crippen molar-refractivity contribution >= 4 is 20.9 Å². The second kappa shape index (κ2) is 11.2. The van der Waals surface area contributed by atoms with Gasteiger partial charge in [0.15, 0.2) is 5.03 Å². The zero-order valence-electron chi connectivity index (χ0n) is 25.3. The predicted octanol–water partition coefficient (Wildman–Crippen LogP) is 3.21. The first kappa shape index (κ1) is 29.5. The van der Waals surface area contributed by atoms with Crippen molar-refractivity contribution < 1.29 is 27.7 Å². The lowest BCUT2D eigenvalue weighted by Gasteiger charge is -2.50. The Morgan fingerprint density at radius 3 is 2.23 bits per heavy atom. The van der Waals surface area contributed by atoms with Crippen LogP contribution in [0.5, 0.6) is 17.2 Å². The van der Waals surface area contributed by atoms with Crippen molar-refractivity contribution in [3.8, 4) is 17.2 Å². The Kier molecular flexibility index (Phi) is 7.66. The topological polar surface area (TPSA) is 111 Å². The lowest BCUT2D eigenvalue weighted by Crippen LogP contribution is -2.54. The number of imidazole rings is 1. The molecule has 4 aromatic rings. The molecule has 12 heteroatoms. The van der Waals surface area contributed by atoms with Crippen molar-refractivity contribution in [1.82, 2.24) is 23.3 Å². The first-order valence-corrected chi connectivity index (χ1v) is 15.8. The van der Waals surface area contributed by atoms with Gasteiger partial charge in [-0.15, -0.1) is 0 Å². The highest BCUT2D eigenvalue weighted by atomic mass is 32.2. The Morgan fingerprint density at radius 2 is 1.65 bits per heavy atom. The summed E-state index contributed by atoms with van der Waals surface area (Å²) in [5, 5.41) is 12.1. The maximum atomic E-state index is 13.5. The van der Waals surface area contributed by atoms with E-state index in [1.165, 1.54) is 11.9 Å². The van der Waals surface area contributed by atoms with Gasteiger partial charge in [-0.2, -0.15) is 4.31 Å². The Morgan fingerprint density at radius 1 is 0.977 bits per heavy atom. The summed E-state index contributed by atoms with van der Waals surface area (Å²) in [7, 11) is 5.01. The van der Waals surface area contributed by atoms with Gasteiger partial charge in [-0.05, 0) is 48.2 Å². The molecule has 1 fully saturated rings. The minimum Gasteiger partial charge on any atom is -0.497 e. The van der Waals surface area contributed by atoms with Gasteiger partial charge >= 0.3 is 0 Å². The van der Waals surface area contributed by atoms with Crippen molar-refractivity contribution in [3.63, 3.8) is 0 Å². The summed E-state index contributed by atoms with van der Waals surface area (Å²) in [6.45, 7) is 1.89. The van der Waals surface area contributed by atoms with Crippen molar-refractivity contribution in [3.05, 3.63) is 65.7 Å². The highest BCUT2D eigenvalue weighted by Crippen LogP contribution is 2.51. The third-order valence-corrected chi connectivity index (χ3v) is 11.0. The van der Waals surface area contributed by atoms with Gasteiger partial charge in [-0.1, -0.05) is 0 Å². The number of hydrogen-bond donors (Lipinski definition) is 1. The Balaban J connectivity index is 1.44. The molecule has 2 aliphatic heterocycles. The summed E-state index contributed by atoms with van der Waals surface area (Å²) in [4.78, 5) is 6.45. The van der Waals surface area contributed by atoms with Crippen LogP contribution in [0, 0.1) is 0 Å². The number of nitrogens with zero attached hydrogens (tertiary/aromatic N) is 5. The number of aliphatic hydroxyl groups is 1. The van der Waals surface area contributed by atoms with Crippen molar-refractivity contribution in [1.29, 1.82) is 0 Å². The first-order valence-electron chi connectivity index (χ1n) is 14.4. The van der Waals surface area contributed by atoms with Crippen LogP contribution in [0.2, 0.25) is 0 Å². The van der Waals surface area contributed by atoms with E-state index in [4.69, 9.17) is 14.2 Å². The molecule has 11 nitrogen and oxygen atoms in total. The van der Waals surface area contributed by atoms with E-state index in [2.05, 4.69) is 20.5 Å². The maximum absolute atomic E-state index is 13.5. The predicted molar refractivity (Wildman–Crippen MR) is 162 cm³/mol. The van der Waals surface area contributed by atoms with E-state index < -0.39 is 10.0 Å². The molecule has 2 aromatic carbocycles. The van der Waals surface area contributed by atoms with Gasteiger partial charge in [-0.25, -0.2) is 13.4 Å². The molecule has 1 N–H and O–H groups in total. The molecule has 230 valence electrons. The van der Waals surface area contributed by atoms with E-state index in [0.717, 1.165) is 27.9 Å². The van der Waals surface area contributed by atoms with Gasteiger partial charge < -0.3 is 28.5 Å². The molecule has 0 radical (unpaired) electrons. The average Bonchev–Trinajstić information content (AvgIpc) is 3.59. The van der Waals surface area contributed by atoms with Gasteiger partial charge in [0.05, 0.1) is 45.8 Å². The Labute approximate surface area is 252 Å². The highest BCUT2D eigenvalue weighted by Gasteiger charge is 2.49. The standard InChI is InChI=1S/C31H39N5O6S/c1-33-17-28(32-20-33)43(38,39)36-10-8-31(9-11-36)19-35(16-21-12-23(41-4)14-24(13-21)42-5)27(18-37)30-29(31)25-7-6-22(40-3)15-26(25)34(30)2/h6-7,12-15,17,20,27,37H,8-11,16,18-19H2,1-5H3/t27-/m1/s1. The fraction of sp³-hybridized carbons (Fsp3) is 0.452. The Bertz CT molecular complexity index is 1730. The van der Waals surface area contributed by atoms with Crippen LogP contribution in [-0.4, -0.2) is 84.4 Å². The van der Waals surface area contributed by atoms with Crippen LogP contribution in [0.1, 0.15) is 35.7 Å². The molecule has 43 heavy (non-hydrogen) atoms. The maximum Gasteiger partial charge on any atom is 0.262 e. The number of aryl methyl sites for hydroxylation is 2. The lowest BCUT2D eigenvalue weighted by molar-refractivity contribution is 0.0514. The number of sulfonamides is 1. The molecule has 2 aliphatic rings. The third-order valence-electron chi connectivity index (χ3n) is 9.18. The fourth-order valence-electron chi connectivity index (χ4n) is 7.04. The SMILES string of the molecule is COc1cc(CN2CC3(CCN(S(=O)(=O)c4cn(C)cn4)CC3)c3c(n(C)c4cc(OC)ccc34)[C@H]2CO)cc(OC)c1. The van der Waals surface area contributed by atoms with Crippen LogP contribution >= 0.6 is 0 Å². The quantitative estimate of drug-likeness (QED) is 0.324. The van der Waals surface area contributed by atoms with Gasteiger partial charge in [0.2, 0.25) is 0 Å². The summed E-state index contributed by atoms with van der Waals surface area (Å²) in [5.41, 5.74) is 3.93. The number of piperidine rings is 1. The molecule has 0 saturated carbocycles. The van der Waals surface area contributed by atoms with E-state index >= 15 is 0 Å². The van der Waals surface area contributed by atoms with Crippen LogP contribution in [0.15, 0.2) is 53.9 Å². The van der Waals surface area contributed by atoms with Crippen LogP contribution in [0.4, 0.5) is 0 Å². The molecule has 0 aliphatic carbocycles. The molecule has 6 rings (SSSR count). The summed E-state index contributed by atoms with van der Waals surface area (Å²) in [5.74, 6) is 2.16. The zero-order valence-corrected chi connectivity index (χ0v) is 26.1. The van der Waals surface area contributed by atoms with E-state index in [1.54, 1.807) is 43.4 Å². The number of methoxy groups -OCH3 is 3. The second-order valence-electron chi connectivity index (χ2n) is 11.6. The van der Waals surface area contributed by atoms with E-state index in [9.17, 15) is 13.5 Å². The monoisotopic (exact) mass is 609 g/mol. The van der Waals surface area contributed by atoms with Crippen LogP contribution < -0.4 is 14.2 Å². The molecule has 0 amide bonds. The Hall–Kier alpha value is -3.58. The minimum atomic E-state index is -3.71. The summed E-state index contributed by atoms with van der Waals surface area (Å²) in [6, 6.07) is 11.7. The number of benzene rings is 2. The molecule has 1 spiro atoms. The number of aliphatic hydroxyl groups excluding tert-OH is 1. The van der Waals surface area contributed by atoms with Crippen LogP contribution in [0.25, 0.3) is 10.9 Å². The molecule has 1 atom stereocenters. The molecule has 0 unspecified atom stereocenters. The third kappa shape index (κ3) is 4.95. The summed E-state index contributed by atoms with van der Waals surface area (Å²) < 4.78 is 49.0. The average molecular weight is 610 g/mol. The van der Waals surface area contributed by atoms with Crippen molar-refractivity contribution in [2.24, 2.45) is 14.1 Å². The number of rotatable bonds is 8. The van der Waals surface area contributed by atoms with Gasteiger partial charge in [0, 0.05) is 75.1 Å².